The molecule has 3 N–H and O–H groups in total. The summed E-state index contributed by atoms with van der Waals surface area (Å²) in [6, 6.07) is -1.21. The lowest BCUT2D eigenvalue weighted by Gasteiger charge is -2.62. The highest BCUT2D eigenvalue weighted by Gasteiger charge is 2.61. The number of ketones is 1. The van der Waals surface area contributed by atoms with E-state index < -0.39 is 23.6 Å². The van der Waals surface area contributed by atoms with E-state index in [9.17, 15) is 14.4 Å². The fourth-order valence-electron chi connectivity index (χ4n) is 8.76. The molecule has 4 fully saturated rings. The number of hydrogen-bond acceptors (Lipinski definition) is 5. The predicted molar refractivity (Wildman–Crippen MR) is 121 cm³/mol. The fraction of sp³-hybridized carbons (Fsp3) is 0.885. The van der Waals surface area contributed by atoms with Gasteiger partial charge in [0.1, 0.15) is 17.4 Å². The number of carbonyl (C=O) groups excluding carboxylic acids is 2. The third kappa shape index (κ3) is 3.80. The molecule has 32 heavy (non-hydrogen) atoms. The molecule has 180 valence electrons. The maximum absolute atomic E-state index is 12.4. The summed E-state index contributed by atoms with van der Waals surface area (Å²) in [5.41, 5.74) is 5.42. The van der Waals surface area contributed by atoms with Crippen LogP contribution in [0.3, 0.4) is 0 Å². The largest absolute Gasteiger partial charge is 0.480 e. The van der Waals surface area contributed by atoms with Gasteiger partial charge in [0.05, 0.1) is 6.42 Å². The first-order chi connectivity index (χ1) is 14.9. The van der Waals surface area contributed by atoms with Crippen molar-refractivity contribution >= 4 is 17.7 Å². The molecule has 0 aromatic carbocycles. The van der Waals surface area contributed by atoms with Gasteiger partial charge in [0.25, 0.3) is 0 Å². The second-order valence-electron chi connectivity index (χ2n) is 12.2. The lowest BCUT2D eigenvalue weighted by atomic mass is 9.44. The molecule has 0 bridgehead atoms. The highest BCUT2D eigenvalue weighted by molar-refractivity contribution is 5.81. The molecule has 0 aromatic heterocycles. The summed E-state index contributed by atoms with van der Waals surface area (Å²) in [4.78, 5) is 35.7. The molecule has 0 radical (unpaired) electrons. The number of fused-ring (bicyclic) bond motifs is 5. The van der Waals surface area contributed by atoms with E-state index in [1.165, 1.54) is 19.3 Å². The molecule has 4 aliphatic rings. The Bertz CT molecular complexity index is 797. The maximum atomic E-state index is 12.4. The van der Waals surface area contributed by atoms with Crippen molar-refractivity contribution in [1.29, 1.82) is 0 Å². The van der Waals surface area contributed by atoms with Crippen LogP contribution < -0.4 is 5.73 Å². The summed E-state index contributed by atoms with van der Waals surface area (Å²) < 4.78 is 5.84. The zero-order valence-corrected chi connectivity index (χ0v) is 20.2. The summed E-state index contributed by atoms with van der Waals surface area (Å²) >= 11 is 0. The Kier molecular flexibility index (Phi) is 6.01. The van der Waals surface area contributed by atoms with Crippen LogP contribution >= 0.6 is 0 Å². The SMILES string of the molecule is CC(=O)[C@H]1CC[C@H]2[C@@H]3CC[C@H]4C[C@](C)(OC(=O)C[C@H](N)C(=O)O)CC[C@]4(C)[C@H]3CC[C@]12C. The number of aliphatic carboxylic acids is 1. The number of ether oxygens (including phenoxy) is 1. The highest BCUT2D eigenvalue weighted by atomic mass is 16.6. The van der Waals surface area contributed by atoms with Crippen LogP contribution in [0.15, 0.2) is 0 Å². The van der Waals surface area contributed by atoms with Crippen molar-refractivity contribution in [3.8, 4) is 0 Å². The van der Waals surface area contributed by atoms with E-state index in [0.29, 0.717) is 29.5 Å². The van der Waals surface area contributed by atoms with E-state index in [0.717, 1.165) is 38.5 Å². The third-order valence-electron chi connectivity index (χ3n) is 10.5. The second kappa shape index (κ2) is 8.11. The molecule has 0 heterocycles. The van der Waals surface area contributed by atoms with Gasteiger partial charge in [-0.05, 0) is 106 Å². The Morgan fingerprint density at radius 3 is 2.31 bits per heavy atom. The molecule has 4 saturated carbocycles. The number of carboxylic acid groups (broad SMARTS) is 1. The summed E-state index contributed by atoms with van der Waals surface area (Å²) in [5, 5.41) is 8.98. The van der Waals surface area contributed by atoms with Gasteiger partial charge < -0.3 is 15.6 Å². The van der Waals surface area contributed by atoms with Crippen molar-refractivity contribution in [2.45, 2.75) is 104 Å². The molecule has 0 saturated heterocycles. The molecule has 4 rings (SSSR count). The predicted octanol–water partition coefficient (Wildman–Crippen LogP) is 4.34. The van der Waals surface area contributed by atoms with Gasteiger partial charge in [0, 0.05) is 5.92 Å². The standard InChI is InChI=1S/C26H41NO5/c1-15(28)18-7-8-19-17-6-5-16-14-24(2,32-22(29)13-21(27)23(30)31)11-12-25(16,3)20(17)9-10-26(18,19)4/h16-21H,5-14,27H2,1-4H3,(H,30,31)/t16-,17-,18+,19-,20-,21-,24+,25-,26+/m0/s1. The third-order valence-corrected chi connectivity index (χ3v) is 10.5. The smallest absolute Gasteiger partial charge is 0.321 e. The average molecular weight is 448 g/mol. The van der Waals surface area contributed by atoms with Crippen molar-refractivity contribution in [2.24, 2.45) is 46.2 Å². The Morgan fingerprint density at radius 2 is 1.66 bits per heavy atom. The Morgan fingerprint density at radius 1 is 0.969 bits per heavy atom. The van der Waals surface area contributed by atoms with E-state index in [2.05, 4.69) is 13.8 Å². The number of esters is 1. The molecule has 6 nitrogen and oxygen atoms in total. The molecule has 0 spiro atoms. The van der Waals surface area contributed by atoms with Crippen LogP contribution in [0.2, 0.25) is 0 Å². The minimum atomic E-state index is -1.21. The van der Waals surface area contributed by atoms with Crippen molar-refractivity contribution in [3.63, 3.8) is 0 Å². The minimum Gasteiger partial charge on any atom is -0.480 e. The molecule has 6 heteroatoms. The maximum Gasteiger partial charge on any atom is 0.321 e. The lowest BCUT2D eigenvalue weighted by Crippen LogP contribution is -2.56. The second-order valence-corrected chi connectivity index (χ2v) is 12.2. The molecule has 4 aliphatic carbocycles. The summed E-state index contributed by atoms with van der Waals surface area (Å²) in [7, 11) is 0. The molecule has 0 amide bonds. The fourth-order valence-corrected chi connectivity index (χ4v) is 8.76. The summed E-state index contributed by atoms with van der Waals surface area (Å²) in [6.45, 7) is 8.65. The average Bonchev–Trinajstić information content (AvgIpc) is 3.05. The minimum absolute atomic E-state index is 0.178. The number of nitrogens with two attached hydrogens (primary N) is 1. The van der Waals surface area contributed by atoms with Crippen LogP contribution in [0.5, 0.6) is 0 Å². The van der Waals surface area contributed by atoms with Gasteiger partial charge in [-0.1, -0.05) is 13.8 Å². The van der Waals surface area contributed by atoms with Crippen LogP contribution in [0, 0.1) is 40.4 Å². The van der Waals surface area contributed by atoms with Crippen molar-refractivity contribution in [2.75, 3.05) is 0 Å². The number of carboxylic acids is 1. The van der Waals surface area contributed by atoms with Gasteiger partial charge in [-0.3, -0.25) is 14.4 Å². The van der Waals surface area contributed by atoms with Crippen molar-refractivity contribution in [1.82, 2.24) is 0 Å². The number of rotatable bonds is 5. The number of carbonyl (C=O) groups is 3. The van der Waals surface area contributed by atoms with Gasteiger partial charge in [-0.15, -0.1) is 0 Å². The quantitative estimate of drug-likeness (QED) is 0.607. The Balaban J connectivity index is 1.45. The van der Waals surface area contributed by atoms with Gasteiger partial charge in [0.2, 0.25) is 0 Å². The van der Waals surface area contributed by atoms with Gasteiger partial charge in [-0.2, -0.15) is 0 Å². The number of hydrogen-bond donors (Lipinski definition) is 2. The summed E-state index contributed by atoms with van der Waals surface area (Å²) in [6.07, 6.45) is 9.40. The van der Waals surface area contributed by atoms with Gasteiger partial charge in [0.15, 0.2) is 0 Å². The zero-order chi connectivity index (χ0) is 23.5. The molecule has 0 aliphatic heterocycles. The monoisotopic (exact) mass is 447 g/mol. The van der Waals surface area contributed by atoms with Crippen LogP contribution in [0.4, 0.5) is 0 Å². The first-order valence-corrected chi connectivity index (χ1v) is 12.6. The summed E-state index contributed by atoms with van der Waals surface area (Å²) in [5.74, 6) is 1.51. The Labute approximate surface area is 192 Å². The van der Waals surface area contributed by atoms with Crippen LogP contribution in [0.25, 0.3) is 0 Å². The van der Waals surface area contributed by atoms with E-state index in [1.807, 2.05) is 6.92 Å². The molecule has 0 unspecified atom stereocenters. The number of Topliss-reactive ketones (excluding diaryl/α,β-unsaturated/α-hetero) is 1. The van der Waals surface area contributed by atoms with Crippen LogP contribution in [-0.4, -0.2) is 34.5 Å². The van der Waals surface area contributed by atoms with E-state index >= 15 is 0 Å². The van der Waals surface area contributed by atoms with Gasteiger partial charge in [-0.25, -0.2) is 0 Å². The first-order valence-electron chi connectivity index (χ1n) is 12.6. The normalized spacial score (nSPS) is 46.3. The van der Waals surface area contributed by atoms with E-state index in [-0.39, 0.29) is 23.2 Å². The molecule has 9 atom stereocenters. The van der Waals surface area contributed by atoms with E-state index in [1.54, 1.807) is 6.92 Å². The Hall–Kier alpha value is -1.43. The van der Waals surface area contributed by atoms with Crippen LogP contribution in [0.1, 0.15) is 91.9 Å². The van der Waals surface area contributed by atoms with Crippen molar-refractivity contribution in [3.05, 3.63) is 0 Å². The first kappa shape index (κ1) is 23.7. The van der Waals surface area contributed by atoms with Gasteiger partial charge >= 0.3 is 11.9 Å². The molecular formula is C26H41NO5. The zero-order valence-electron chi connectivity index (χ0n) is 20.2. The van der Waals surface area contributed by atoms with Crippen LogP contribution in [-0.2, 0) is 19.1 Å². The van der Waals surface area contributed by atoms with Crippen molar-refractivity contribution < 1.29 is 24.2 Å². The highest BCUT2D eigenvalue weighted by Crippen LogP contribution is 2.68. The lowest BCUT2D eigenvalue weighted by molar-refractivity contribution is -0.182. The molecule has 0 aromatic rings. The molecular weight excluding hydrogens is 406 g/mol. The topological polar surface area (TPSA) is 107 Å². The van der Waals surface area contributed by atoms with E-state index in [4.69, 9.17) is 15.6 Å².